The molecule has 2 saturated heterocycles. The second-order valence-electron chi connectivity index (χ2n) is 8.72. The first kappa shape index (κ1) is 24.0. The fourth-order valence-electron chi connectivity index (χ4n) is 4.57. The predicted octanol–water partition coefficient (Wildman–Crippen LogP) is 1.00. The summed E-state index contributed by atoms with van der Waals surface area (Å²) >= 11 is 0. The third-order valence-electron chi connectivity index (χ3n) is 6.36. The van der Waals surface area contributed by atoms with E-state index in [4.69, 9.17) is 9.47 Å². The van der Waals surface area contributed by atoms with Gasteiger partial charge in [-0.05, 0) is 29.7 Å². The number of hydrogen-bond acceptors (Lipinski definition) is 5. The number of ether oxygens (including phenoxy) is 2. The van der Waals surface area contributed by atoms with Gasteiger partial charge in [0.15, 0.2) is 0 Å². The number of carbonyl (C=O) groups excluding carboxylic acids is 2. The summed E-state index contributed by atoms with van der Waals surface area (Å²) in [4.78, 5) is 29.2. The Bertz CT molecular complexity index is 1010. The minimum absolute atomic E-state index is 0.0251. The number of hydrogen-bond donors (Lipinski definition) is 1. The summed E-state index contributed by atoms with van der Waals surface area (Å²) < 4.78 is 11.1. The molecule has 0 saturated carbocycles. The lowest BCUT2D eigenvalue weighted by Gasteiger charge is -2.29. The van der Waals surface area contributed by atoms with E-state index in [0.29, 0.717) is 18.7 Å². The second kappa shape index (κ2) is 11.3. The zero-order valence-corrected chi connectivity index (χ0v) is 19.6. The molecule has 1 atom stereocenters. The van der Waals surface area contributed by atoms with Crippen LogP contribution in [0.15, 0.2) is 60.2 Å². The number of amides is 1. The van der Waals surface area contributed by atoms with Gasteiger partial charge in [-0.25, -0.2) is 0 Å². The maximum Gasteiger partial charge on any atom is 0.295 e. The van der Waals surface area contributed by atoms with Crippen molar-refractivity contribution in [3.05, 3.63) is 71.3 Å². The van der Waals surface area contributed by atoms with Gasteiger partial charge in [-0.1, -0.05) is 55.1 Å². The molecule has 2 aromatic carbocycles. The van der Waals surface area contributed by atoms with Gasteiger partial charge in [-0.2, -0.15) is 0 Å². The van der Waals surface area contributed by atoms with Crippen LogP contribution in [0.4, 0.5) is 0 Å². The minimum Gasteiger partial charge on any atom is -0.872 e. The average Bonchev–Trinajstić information content (AvgIpc) is 3.13. The number of benzene rings is 2. The quantitative estimate of drug-likeness (QED) is 0.340. The largest absolute Gasteiger partial charge is 0.872 e. The SMILES string of the molecule is CCCOc1ccc(C2C(=C([O-])c3ccccc3)C(=O)C(=O)N2CCC[NH+]2CCOCC2)cc1. The summed E-state index contributed by atoms with van der Waals surface area (Å²) in [7, 11) is 0. The van der Waals surface area contributed by atoms with Gasteiger partial charge in [0.2, 0.25) is 5.78 Å². The zero-order chi connectivity index (χ0) is 23.9. The topological polar surface area (TPSA) is 83.3 Å². The molecule has 34 heavy (non-hydrogen) atoms. The van der Waals surface area contributed by atoms with Crippen molar-refractivity contribution in [1.29, 1.82) is 0 Å². The number of nitrogens with zero attached hydrogens (tertiary/aromatic N) is 1. The van der Waals surface area contributed by atoms with Gasteiger partial charge in [0, 0.05) is 18.5 Å². The molecule has 7 heteroatoms. The molecule has 4 rings (SSSR count). The van der Waals surface area contributed by atoms with E-state index >= 15 is 0 Å². The molecular weight excluding hydrogens is 432 g/mol. The van der Waals surface area contributed by atoms with Crippen LogP contribution in [0.25, 0.3) is 5.76 Å². The molecule has 0 aliphatic carbocycles. The van der Waals surface area contributed by atoms with Crippen molar-refractivity contribution in [2.45, 2.75) is 25.8 Å². The highest BCUT2D eigenvalue weighted by Gasteiger charge is 2.44. The summed E-state index contributed by atoms with van der Waals surface area (Å²) in [6, 6.07) is 15.3. The molecule has 2 heterocycles. The number of nitrogens with one attached hydrogen (secondary N) is 1. The fraction of sp³-hybridized carbons (Fsp3) is 0.407. The van der Waals surface area contributed by atoms with E-state index in [0.717, 1.165) is 57.0 Å². The molecule has 2 aromatic rings. The molecule has 0 aromatic heterocycles. The Morgan fingerprint density at radius 3 is 2.47 bits per heavy atom. The van der Waals surface area contributed by atoms with Crippen LogP contribution in [0.5, 0.6) is 5.75 Å². The normalized spacial score (nSPS) is 20.6. The lowest BCUT2D eigenvalue weighted by Crippen LogP contribution is -3.14. The Balaban J connectivity index is 1.63. The monoisotopic (exact) mass is 464 g/mol. The molecule has 0 spiro atoms. The van der Waals surface area contributed by atoms with Crippen molar-refractivity contribution >= 4 is 17.4 Å². The second-order valence-corrected chi connectivity index (χ2v) is 8.72. The highest BCUT2D eigenvalue weighted by Crippen LogP contribution is 2.39. The minimum atomic E-state index is -0.705. The number of morpholine rings is 1. The van der Waals surface area contributed by atoms with Crippen LogP contribution in [0.3, 0.4) is 0 Å². The van der Waals surface area contributed by atoms with Gasteiger partial charge in [-0.3, -0.25) is 9.59 Å². The molecular formula is C27H32N2O5. The van der Waals surface area contributed by atoms with E-state index < -0.39 is 23.5 Å². The Morgan fingerprint density at radius 1 is 1.09 bits per heavy atom. The molecule has 2 aliphatic rings. The molecule has 2 fully saturated rings. The zero-order valence-electron chi connectivity index (χ0n) is 19.6. The molecule has 180 valence electrons. The Morgan fingerprint density at radius 2 is 1.79 bits per heavy atom. The molecule has 0 bridgehead atoms. The number of likely N-dealkylation sites (tertiary alicyclic amines) is 1. The smallest absolute Gasteiger partial charge is 0.295 e. The van der Waals surface area contributed by atoms with E-state index in [2.05, 4.69) is 0 Å². The van der Waals surface area contributed by atoms with Crippen LogP contribution in [-0.4, -0.2) is 62.6 Å². The molecule has 1 unspecified atom stereocenters. The van der Waals surface area contributed by atoms with Crippen LogP contribution in [-0.2, 0) is 14.3 Å². The van der Waals surface area contributed by atoms with Gasteiger partial charge in [0.1, 0.15) is 18.8 Å². The maximum atomic E-state index is 13.4. The summed E-state index contributed by atoms with van der Waals surface area (Å²) in [6.45, 7) is 7.33. The summed E-state index contributed by atoms with van der Waals surface area (Å²) in [5, 5.41) is 13.4. The van der Waals surface area contributed by atoms with Gasteiger partial charge in [0.25, 0.3) is 5.91 Å². The summed E-state index contributed by atoms with van der Waals surface area (Å²) in [5.74, 6) is -0.979. The highest BCUT2D eigenvalue weighted by atomic mass is 16.5. The number of quaternary nitrogens is 1. The highest BCUT2D eigenvalue weighted by molar-refractivity contribution is 6.46. The van der Waals surface area contributed by atoms with Crippen molar-refractivity contribution in [2.24, 2.45) is 0 Å². The standard InChI is InChI=1S/C27H32N2O5/c1-2-17-34-22-11-9-20(10-12-22)24-23(25(30)21-7-4-3-5-8-21)26(31)27(32)29(24)14-6-13-28-15-18-33-19-16-28/h3-5,7-12,24,30H,2,6,13-19H2,1H3. The molecule has 0 radical (unpaired) electrons. The Labute approximate surface area is 200 Å². The van der Waals surface area contributed by atoms with Crippen LogP contribution in [0.2, 0.25) is 0 Å². The van der Waals surface area contributed by atoms with E-state index in [9.17, 15) is 14.7 Å². The average molecular weight is 465 g/mol. The van der Waals surface area contributed by atoms with E-state index in [-0.39, 0.29) is 5.57 Å². The van der Waals surface area contributed by atoms with Gasteiger partial charge >= 0.3 is 0 Å². The number of carbonyl (C=O) groups is 2. The first-order chi connectivity index (χ1) is 16.6. The lowest BCUT2D eigenvalue weighted by molar-refractivity contribution is -0.908. The first-order valence-corrected chi connectivity index (χ1v) is 12.1. The summed E-state index contributed by atoms with van der Waals surface area (Å²) in [6.07, 6.45) is 1.64. The van der Waals surface area contributed by atoms with E-state index in [1.54, 1.807) is 29.2 Å². The van der Waals surface area contributed by atoms with Crippen molar-refractivity contribution in [3.63, 3.8) is 0 Å². The van der Waals surface area contributed by atoms with Gasteiger partial charge in [-0.15, -0.1) is 0 Å². The van der Waals surface area contributed by atoms with Gasteiger partial charge in [0.05, 0.1) is 32.4 Å². The van der Waals surface area contributed by atoms with Crippen LogP contribution >= 0.6 is 0 Å². The van der Waals surface area contributed by atoms with Crippen LogP contribution in [0.1, 0.15) is 36.9 Å². The van der Waals surface area contributed by atoms with E-state index in [1.807, 2.05) is 37.3 Å². The van der Waals surface area contributed by atoms with Crippen LogP contribution < -0.4 is 14.7 Å². The van der Waals surface area contributed by atoms with Crippen LogP contribution in [0, 0.1) is 0 Å². The van der Waals surface area contributed by atoms with Crippen molar-refractivity contribution in [3.8, 4) is 5.75 Å². The lowest BCUT2D eigenvalue weighted by atomic mass is 9.95. The van der Waals surface area contributed by atoms with Crippen molar-refractivity contribution in [1.82, 2.24) is 4.90 Å². The predicted molar refractivity (Wildman–Crippen MR) is 126 cm³/mol. The molecule has 1 amide bonds. The maximum absolute atomic E-state index is 13.4. The third-order valence-corrected chi connectivity index (χ3v) is 6.36. The number of Topliss-reactive ketones (excluding diaryl/α,β-unsaturated/α-hetero) is 1. The summed E-state index contributed by atoms with van der Waals surface area (Å²) in [5.41, 5.74) is 1.17. The Hall–Kier alpha value is -3.16. The molecule has 7 nitrogen and oxygen atoms in total. The number of rotatable bonds is 9. The van der Waals surface area contributed by atoms with Gasteiger partial charge < -0.3 is 24.4 Å². The first-order valence-electron chi connectivity index (χ1n) is 12.1. The number of ketones is 1. The Kier molecular flexibility index (Phi) is 7.98. The third kappa shape index (κ3) is 5.32. The van der Waals surface area contributed by atoms with E-state index in [1.165, 1.54) is 4.90 Å². The molecule has 1 N–H and O–H groups in total. The fourth-order valence-corrected chi connectivity index (χ4v) is 4.57. The van der Waals surface area contributed by atoms with Crippen molar-refractivity contribution in [2.75, 3.05) is 46.0 Å². The van der Waals surface area contributed by atoms with Crippen molar-refractivity contribution < 1.29 is 29.1 Å². The molecule has 2 aliphatic heterocycles.